The van der Waals surface area contributed by atoms with Crippen LogP contribution in [0.3, 0.4) is 0 Å². The number of nitrogens with zero attached hydrogens (tertiary/aromatic N) is 2. The van der Waals surface area contributed by atoms with Crippen LogP contribution in [0, 0.1) is 0 Å². The number of methoxy groups -OCH3 is 2. The second kappa shape index (κ2) is 16.1. The maximum absolute atomic E-state index is 11.5. The highest BCUT2D eigenvalue weighted by Crippen LogP contribution is 2.44. The molecular formula is C39H43Cl2N7O4. The number of rotatable bonds is 14. The third-order valence-corrected chi connectivity index (χ3v) is 10.8. The van der Waals surface area contributed by atoms with Crippen molar-refractivity contribution in [2.45, 2.75) is 69.7 Å². The van der Waals surface area contributed by atoms with Gasteiger partial charge in [-0.25, -0.2) is 4.98 Å². The number of halogens is 2. The number of nitrogens with one attached hydrogen (secondary N) is 5. The van der Waals surface area contributed by atoms with E-state index in [-0.39, 0.29) is 29.9 Å². The van der Waals surface area contributed by atoms with E-state index in [1.807, 2.05) is 30.3 Å². The number of ether oxygens (including phenoxy) is 2. The van der Waals surface area contributed by atoms with Gasteiger partial charge >= 0.3 is 0 Å². The van der Waals surface area contributed by atoms with Crippen molar-refractivity contribution < 1.29 is 19.1 Å². The second-order valence-electron chi connectivity index (χ2n) is 13.5. The summed E-state index contributed by atoms with van der Waals surface area (Å²) < 4.78 is 11.3. The van der Waals surface area contributed by atoms with E-state index in [2.05, 4.69) is 50.8 Å². The summed E-state index contributed by atoms with van der Waals surface area (Å²) in [7, 11) is 3.22. The molecule has 2 aliphatic heterocycles. The van der Waals surface area contributed by atoms with E-state index < -0.39 is 0 Å². The zero-order valence-electron chi connectivity index (χ0n) is 29.3. The van der Waals surface area contributed by atoms with Gasteiger partial charge in [-0.2, -0.15) is 4.98 Å². The molecule has 2 amide bonds. The Morgan fingerprint density at radius 1 is 0.750 bits per heavy atom. The molecule has 2 saturated heterocycles. The Morgan fingerprint density at radius 2 is 1.38 bits per heavy atom. The van der Waals surface area contributed by atoms with Gasteiger partial charge in [0.05, 0.1) is 36.0 Å². The van der Waals surface area contributed by atoms with Crippen molar-refractivity contribution in [3.05, 3.63) is 86.9 Å². The van der Waals surface area contributed by atoms with Gasteiger partial charge in [-0.3, -0.25) is 9.59 Å². The minimum Gasteiger partial charge on any atom is -0.481 e. The first-order valence-corrected chi connectivity index (χ1v) is 18.5. The van der Waals surface area contributed by atoms with Crippen molar-refractivity contribution in [2.24, 2.45) is 0 Å². The van der Waals surface area contributed by atoms with Crippen molar-refractivity contribution >= 4 is 40.8 Å². The monoisotopic (exact) mass is 743 g/mol. The molecule has 0 unspecified atom stereocenters. The fourth-order valence-electron chi connectivity index (χ4n) is 7.43. The fraction of sp³-hybridized carbons (Fsp3) is 0.385. The number of hydrogen-bond acceptors (Lipinski definition) is 9. The summed E-state index contributed by atoms with van der Waals surface area (Å²) in [5.74, 6) is 1.80. The SMILES string of the molecule is COc1nc(-c2cccc(-c3cccc4c3CC[C@@H]4Nc3nc(OC)c(CNC[C@@H]4CCC(=O)N4)cc3Cl)c2Cl)ccc1CNC[C@@H]1CCC(=O)N1. The summed E-state index contributed by atoms with van der Waals surface area (Å²) in [5, 5.41) is 17.5. The number of pyridine rings is 2. The first-order valence-electron chi connectivity index (χ1n) is 17.8. The van der Waals surface area contributed by atoms with Crippen molar-refractivity contribution in [3.8, 4) is 34.1 Å². The van der Waals surface area contributed by atoms with Crippen LogP contribution < -0.4 is 36.1 Å². The van der Waals surface area contributed by atoms with Gasteiger partial charge in [-0.15, -0.1) is 0 Å². The van der Waals surface area contributed by atoms with Crippen LogP contribution >= 0.6 is 23.2 Å². The van der Waals surface area contributed by atoms with E-state index in [0.29, 0.717) is 66.6 Å². The number of benzene rings is 2. The average Bonchev–Trinajstić information content (AvgIpc) is 3.89. The summed E-state index contributed by atoms with van der Waals surface area (Å²) >= 11 is 14.0. The maximum atomic E-state index is 11.5. The van der Waals surface area contributed by atoms with Gasteiger partial charge in [0.2, 0.25) is 23.6 Å². The number of anilines is 1. The molecule has 0 spiro atoms. The number of carbonyl (C=O) groups excluding carboxylic acids is 2. The third-order valence-electron chi connectivity index (χ3n) is 10.1. The number of amides is 2. The van der Waals surface area contributed by atoms with E-state index >= 15 is 0 Å². The molecule has 7 rings (SSSR count). The van der Waals surface area contributed by atoms with Gasteiger partial charge in [0.1, 0.15) is 5.82 Å². The Kier molecular flexibility index (Phi) is 11.1. The summed E-state index contributed by atoms with van der Waals surface area (Å²) in [6.45, 7) is 2.44. The molecule has 2 aromatic heterocycles. The molecule has 2 aromatic carbocycles. The van der Waals surface area contributed by atoms with E-state index in [1.54, 1.807) is 14.2 Å². The highest BCUT2D eigenvalue weighted by Gasteiger charge is 2.28. The molecule has 52 heavy (non-hydrogen) atoms. The predicted octanol–water partition coefficient (Wildman–Crippen LogP) is 5.97. The van der Waals surface area contributed by atoms with Gasteiger partial charge in [-0.1, -0.05) is 65.7 Å². The molecule has 1 aliphatic carbocycles. The van der Waals surface area contributed by atoms with E-state index in [4.69, 9.17) is 42.6 Å². The Hall–Kier alpha value is -4.42. The first kappa shape index (κ1) is 36.0. The van der Waals surface area contributed by atoms with E-state index in [9.17, 15) is 9.59 Å². The summed E-state index contributed by atoms with van der Waals surface area (Å²) in [6.07, 6.45) is 4.54. The molecule has 0 bridgehead atoms. The number of carbonyl (C=O) groups is 2. The summed E-state index contributed by atoms with van der Waals surface area (Å²) in [5.41, 5.74) is 7.74. The molecule has 3 atom stereocenters. The summed E-state index contributed by atoms with van der Waals surface area (Å²) in [6, 6.07) is 18.5. The van der Waals surface area contributed by atoms with Crippen LogP contribution in [0.1, 0.15) is 60.4 Å². The molecular weight excluding hydrogens is 701 g/mol. The van der Waals surface area contributed by atoms with Crippen LogP contribution in [0.25, 0.3) is 22.4 Å². The Balaban J connectivity index is 1.06. The van der Waals surface area contributed by atoms with Crippen molar-refractivity contribution in [3.63, 3.8) is 0 Å². The maximum Gasteiger partial charge on any atom is 0.220 e. The third kappa shape index (κ3) is 7.83. The van der Waals surface area contributed by atoms with Gasteiger partial charge in [0.25, 0.3) is 0 Å². The quantitative estimate of drug-likeness (QED) is 0.106. The molecule has 4 heterocycles. The lowest BCUT2D eigenvalue weighted by Crippen LogP contribution is -2.35. The number of hydrogen-bond donors (Lipinski definition) is 5. The Morgan fingerprint density at radius 3 is 2.06 bits per heavy atom. The molecule has 272 valence electrons. The van der Waals surface area contributed by atoms with E-state index in [0.717, 1.165) is 59.2 Å². The highest BCUT2D eigenvalue weighted by molar-refractivity contribution is 6.36. The van der Waals surface area contributed by atoms with Crippen LogP contribution in [0.15, 0.2) is 54.6 Å². The van der Waals surface area contributed by atoms with E-state index in [1.165, 1.54) is 11.1 Å². The van der Waals surface area contributed by atoms with Gasteiger partial charge in [-0.05, 0) is 54.5 Å². The largest absolute Gasteiger partial charge is 0.481 e. The van der Waals surface area contributed by atoms with Crippen LogP contribution in [0.5, 0.6) is 11.8 Å². The zero-order valence-corrected chi connectivity index (χ0v) is 30.8. The topological polar surface area (TPSA) is 139 Å². The molecule has 3 aliphatic rings. The molecule has 0 radical (unpaired) electrons. The molecule has 4 aromatic rings. The lowest BCUT2D eigenvalue weighted by atomic mass is 9.94. The standard InChI is InChI=1S/C39H43Cl2N7O4/c1-51-38-22(18-42-20-24-10-15-34(49)44-24)9-13-33(47-38)30-8-4-7-29(36(30)41)26-5-3-6-28-27(26)12-14-32(28)46-37-31(40)17-23(39(48-37)52-2)19-43-21-25-11-16-35(50)45-25/h3-9,13,17,24-25,32,42-43H,10-12,14-16,18-21H2,1-2H3,(H,44,49)(H,45,50)(H,46,48)/t24-,25-,32-/m0/s1. The molecule has 2 fully saturated rings. The first-order chi connectivity index (χ1) is 25.3. The van der Waals surface area contributed by atoms with Gasteiger partial charge in [0.15, 0.2) is 0 Å². The van der Waals surface area contributed by atoms with Gasteiger partial charge < -0.3 is 36.1 Å². The van der Waals surface area contributed by atoms with Crippen LogP contribution in [0.4, 0.5) is 5.82 Å². The molecule has 11 nitrogen and oxygen atoms in total. The highest BCUT2D eigenvalue weighted by atomic mass is 35.5. The molecule has 13 heteroatoms. The second-order valence-corrected chi connectivity index (χ2v) is 14.3. The number of fused-ring (bicyclic) bond motifs is 1. The minimum atomic E-state index is -0.00131. The van der Waals surface area contributed by atoms with Crippen molar-refractivity contribution in [2.75, 3.05) is 32.6 Å². The zero-order chi connectivity index (χ0) is 36.2. The summed E-state index contributed by atoms with van der Waals surface area (Å²) in [4.78, 5) is 32.7. The smallest absolute Gasteiger partial charge is 0.220 e. The van der Waals surface area contributed by atoms with Crippen LogP contribution in [-0.4, -0.2) is 61.2 Å². The lowest BCUT2D eigenvalue weighted by Gasteiger charge is -2.19. The molecule has 0 saturated carbocycles. The van der Waals surface area contributed by atoms with Crippen molar-refractivity contribution in [1.29, 1.82) is 0 Å². The van der Waals surface area contributed by atoms with Crippen LogP contribution in [0.2, 0.25) is 10.0 Å². The number of aromatic nitrogens is 2. The fourth-order valence-corrected chi connectivity index (χ4v) is 7.98. The lowest BCUT2D eigenvalue weighted by molar-refractivity contribution is -0.120. The van der Waals surface area contributed by atoms with Crippen LogP contribution in [-0.2, 0) is 29.1 Å². The minimum absolute atomic E-state index is 0.00131. The van der Waals surface area contributed by atoms with Gasteiger partial charge in [0, 0.05) is 73.4 Å². The normalized spacial score (nSPS) is 19.3. The average molecular weight is 745 g/mol. The predicted molar refractivity (Wildman–Crippen MR) is 203 cm³/mol. The Bertz CT molecular complexity index is 1980. The van der Waals surface area contributed by atoms with Crippen molar-refractivity contribution in [1.82, 2.24) is 31.2 Å². The molecule has 5 N–H and O–H groups in total. The Labute approximate surface area is 313 Å².